The summed E-state index contributed by atoms with van der Waals surface area (Å²) in [6, 6.07) is 8.02. The van der Waals surface area contributed by atoms with Crippen LogP contribution in [0.1, 0.15) is 39.2 Å². The smallest absolute Gasteiger partial charge is 0.412 e. The van der Waals surface area contributed by atoms with Crippen molar-refractivity contribution < 1.29 is 9.53 Å². The van der Waals surface area contributed by atoms with Crippen LogP contribution in [0.2, 0.25) is 0 Å². The normalized spacial score (nSPS) is 18.5. The zero-order valence-electron chi connectivity index (χ0n) is 13.2. The molecule has 0 radical (unpaired) electrons. The van der Waals surface area contributed by atoms with Crippen LogP contribution in [0.15, 0.2) is 24.3 Å². The van der Waals surface area contributed by atoms with E-state index in [1.807, 2.05) is 39.0 Å². The van der Waals surface area contributed by atoms with Crippen molar-refractivity contribution >= 4 is 11.8 Å². The van der Waals surface area contributed by atoms with Gasteiger partial charge in [-0.2, -0.15) is 0 Å². The van der Waals surface area contributed by atoms with E-state index < -0.39 is 11.7 Å². The quantitative estimate of drug-likeness (QED) is 0.891. The van der Waals surface area contributed by atoms with Crippen LogP contribution >= 0.6 is 0 Å². The number of nitrogens with one attached hydrogen (secondary N) is 2. The highest BCUT2D eigenvalue weighted by atomic mass is 16.6. The first-order valence-electron chi connectivity index (χ1n) is 7.72. The molecule has 0 saturated carbocycles. The largest absolute Gasteiger partial charge is 0.444 e. The second-order valence-corrected chi connectivity index (χ2v) is 6.72. The number of carbonyl (C=O) groups is 1. The zero-order chi connectivity index (χ0) is 15.3. The highest BCUT2D eigenvalue weighted by molar-refractivity contribution is 5.84. The number of rotatable bonds is 4. The number of hydrogen-bond donors (Lipinski definition) is 2. The summed E-state index contributed by atoms with van der Waals surface area (Å²) in [5, 5.41) is 6.19. The Hall–Kier alpha value is -1.55. The Morgan fingerprint density at radius 1 is 1.43 bits per heavy atom. The molecule has 0 aromatic heterocycles. The van der Waals surface area contributed by atoms with Gasteiger partial charge in [-0.05, 0) is 76.7 Å². The van der Waals surface area contributed by atoms with Gasteiger partial charge in [0.1, 0.15) is 5.60 Å². The molecule has 21 heavy (non-hydrogen) atoms. The van der Waals surface area contributed by atoms with Gasteiger partial charge >= 0.3 is 6.09 Å². The molecule has 1 unspecified atom stereocenters. The maximum Gasteiger partial charge on any atom is 0.412 e. The molecule has 1 heterocycles. The van der Waals surface area contributed by atoms with Crippen LogP contribution < -0.4 is 10.6 Å². The predicted octanol–water partition coefficient (Wildman–Crippen LogP) is 3.58. The van der Waals surface area contributed by atoms with Crippen molar-refractivity contribution in [1.29, 1.82) is 0 Å². The van der Waals surface area contributed by atoms with Gasteiger partial charge in [-0.3, -0.25) is 5.32 Å². The highest BCUT2D eigenvalue weighted by Gasteiger charge is 2.16. The molecule has 4 heteroatoms. The van der Waals surface area contributed by atoms with Crippen LogP contribution in [-0.2, 0) is 11.2 Å². The summed E-state index contributed by atoms with van der Waals surface area (Å²) in [6.07, 6.45) is 3.12. The number of benzene rings is 1. The van der Waals surface area contributed by atoms with Crippen LogP contribution in [0.3, 0.4) is 0 Å². The fraction of sp³-hybridized carbons (Fsp3) is 0.588. The summed E-state index contributed by atoms with van der Waals surface area (Å²) in [5.74, 6) is 0.785. The average molecular weight is 290 g/mol. The van der Waals surface area contributed by atoms with E-state index >= 15 is 0 Å². The molecule has 4 nitrogen and oxygen atoms in total. The Kier molecular flexibility index (Phi) is 5.23. The van der Waals surface area contributed by atoms with Crippen molar-refractivity contribution in [2.75, 3.05) is 18.4 Å². The summed E-state index contributed by atoms with van der Waals surface area (Å²) in [4.78, 5) is 11.8. The fourth-order valence-corrected chi connectivity index (χ4v) is 2.56. The van der Waals surface area contributed by atoms with Crippen LogP contribution in [-0.4, -0.2) is 24.8 Å². The van der Waals surface area contributed by atoms with Gasteiger partial charge in [-0.15, -0.1) is 0 Å². The van der Waals surface area contributed by atoms with Crippen molar-refractivity contribution in [3.05, 3.63) is 29.8 Å². The first-order chi connectivity index (χ1) is 9.92. The second-order valence-electron chi connectivity index (χ2n) is 6.72. The summed E-state index contributed by atoms with van der Waals surface area (Å²) in [7, 11) is 0. The standard InChI is InChI=1S/C17H26N2O2/c1-17(2,3)21-16(20)19-15-6-4-5-13(11-15)7-8-14-9-10-18-12-14/h4-6,11,14,18H,7-10,12H2,1-3H3,(H,19,20). The van der Waals surface area contributed by atoms with Gasteiger partial charge in [0.15, 0.2) is 0 Å². The number of amides is 1. The molecule has 2 N–H and O–H groups in total. The molecule has 1 atom stereocenters. The predicted molar refractivity (Wildman–Crippen MR) is 85.6 cm³/mol. The van der Waals surface area contributed by atoms with Gasteiger partial charge < -0.3 is 10.1 Å². The summed E-state index contributed by atoms with van der Waals surface area (Å²) < 4.78 is 5.26. The van der Waals surface area contributed by atoms with Crippen LogP contribution in [0.25, 0.3) is 0 Å². The molecule has 0 spiro atoms. The summed E-state index contributed by atoms with van der Waals surface area (Å²) in [6.45, 7) is 7.86. The molecular formula is C17H26N2O2. The Labute approximate surface area is 127 Å². The Morgan fingerprint density at radius 3 is 2.90 bits per heavy atom. The fourth-order valence-electron chi connectivity index (χ4n) is 2.56. The number of carbonyl (C=O) groups excluding carboxylic acids is 1. The SMILES string of the molecule is CC(C)(C)OC(=O)Nc1cccc(CCC2CCNC2)c1. The van der Waals surface area contributed by atoms with Crippen molar-refractivity contribution in [3.63, 3.8) is 0 Å². The third-order valence-corrected chi connectivity index (χ3v) is 3.58. The molecule has 1 saturated heterocycles. The van der Waals surface area contributed by atoms with Gasteiger partial charge in [0.25, 0.3) is 0 Å². The van der Waals surface area contributed by atoms with E-state index in [0.29, 0.717) is 0 Å². The van der Waals surface area contributed by atoms with Gasteiger partial charge in [-0.25, -0.2) is 4.79 Å². The maximum atomic E-state index is 11.8. The lowest BCUT2D eigenvalue weighted by atomic mass is 9.99. The Balaban J connectivity index is 1.86. The highest BCUT2D eigenvalue weighted by Crippen LogP contribution is 2.18. The van der Waals surface area contributed by atoms with E-state index in [2.05, 4.69) is 16.7 Å². The van der Waals surface area contributed by atoms with Crippen LogP contribution in [0.5, 0.6) is 0 Å². The molecule has 1 aliphatic rings. The van der Waals surface area contributed by atoms with E-state index in [1.165, 1.54) is 18.4 Å². The van der Waals surface area contributed by atoms with E-state index in [1.54, 1.807) is 0 Å². The molecule has 1 aliphatic heterocycles. The van der Waals surface area contributed by atoms with Gasteiger partial charge in [0.2, 0.25) is 0 Å². The zero-order valence-corrected chi connectivity index (χ0v) is 13.2. The molecule has 2 rings (SSSR count). The minimum atomic E-state index is -0.475. The molecule has 0 bridgehead atoms. The van der Waals surface area contributed by atoms with Crippen molar-refractivity contribution in [2.24, 2.45) is 5.92 Å². The monoisotopic (exact) mass is 290 g/mol. The average Bonchev–Trinajstić information content (AvgIpc) is 2.87. The van der Waals surface area contributed by atoms with E-state index in [4.69, 9.17) is 4.74 Å². The first-order valence-corrected chi connectivity index (χ1v) is 7.72. The second kappa shape index (κ2) is 6.94. The molecule has 0 aliphatic carbocycles. The van der Waals surface area contributed by atoms with E-state index in [0.717, 1.165) is 31.1 Å². The number of aryl methyl sites for hydroxylation is 1. The molecule has 116 valence electrons. The van der Waals surface area contributed by atoms with Crippen molar-refractivity contribution in [3.8, 4) is 0 Å². The van der Waals surface area contributed by atoms with E-state index in [-0.39, 0.29) is 0 Å². The summed E-state index contributed by atoms with van der Waals surface area (Å²) >= 11 is 0. The number of anilines is 1. The molecular weight excluding hydrogens is 264 g/mol. The first kappa shape index (κ1) is 15.8. The third-order valence-electron chi connectivity index (χ3n) is 3.58. The van der Waals surface area contributed by atoms with Gasteiger partial charge in [-0.1, -0.05) is 12.1 Å². The lowest BCUT2D eigenvalue weighted by molar-refractivity contribution is 0.0636. The van der Waals surface area contributed by atoms with Crippen LogP contribution in [0, 0.1) is 5.92 Å². The number of hydrogen-bond acceptors (Lipinski definition) is 3. The minimum Gasteiger partial charge on any atom is -0.444 e. The summed E-state index contributed by atoms with van der Waals surface area (Å²) in [5.41, 5.74) is 1.58. The molecule has 1 amide bonds. The topological polar surface area (TPSA) is 50.4 Å². The third kappa shape index (κ3) is 5.76. The minimum absolute atomic E-state index is 0.403. The van der Waals surface area contributed by atoms with Gasteiger partial charge in [0.05, 0.1) is 0 Å². The van der Waals surface area contributed by atoms with Crippen molar-refractivity contribution in [2.45, 2.75) is 45.6 Å². The van der Waals surface area contributed by atoms with Crippen molar-refractivity contribution in [1.82, 2.24) is 5.32 Å². The molecule has 1 aromatic carbocycles. The van der Waals surface area contributed by atoms with Crippen LogP contribution in [0.4, 0.5) is 10.5 Å². The Bertz CT molecular complexity index is 474. The lowest BCUT2D eigenvalue weighted by Crippen LogP contribution is -2.27. The Morgan fingerprint density at radius 2 is 2.24 bits per heavy atom. The molecule has 1 aromatic rings. The van der Waals surface area contributed by atoms with E-state index in [9.17, 15) is 4.79 Å². The maximum absolute atomic E-state index is 11.8. The van der Waals surface area contributed by atoms with Gasteiger partial charge in [0, 0.05) is 5.69 Å². The lowest BCUT2D eigenvalue weighted by Gasteiger charge is -2.19. The number of ether oxygens (including phenoxy) is 1. The molecule has 1 fully saturated rings.